The highest BCUT2D eigenvalue weighted by Crippen LogP contribution is 2.03. The van der Waals surface area contributed by atoms with Gasteiger partial charge in [-0.25, -0.2) is 9.38 Å². The van der Waals surface area contributed by atoms with Crippen molar-refractivity contribution < 1.29 is 13.9 Å². The fourth-order valence-corrected chi connectivity index (χ4v) is 1.40. The molecule has 21 heavy (non-hydrogen) atoms. The number of hydrogen-bond donors (Lipinski definition) is 1. The number of nitrogens with zero attached hydrogens (tertiary/aromatic N) is 1. The van der Waals surface area contributed by atoms with Crippen molar-refractivity contribution >= 4 is 11.9 Å². The lowest BCUT2D eigenvalue weighted by Crippen LogP contribution is -2.33. The molecule has 0 spiro atoms. The van der Waals surface area contributed by atoms with Crippen molar-refractivity contribution in [2.24, 2.45) is 16.8 Å². The van der Waals surface area contributed by atoms with Gasteiger partial charge in [-0.15, -0.1) is 0 Å². The van der Waals surface area contributed by atoms with E-state index >= 15 is 0 Å². The second-order valence-electron chi connectivity index (χ2n) is 5.71. The molecule has 0 aliphatic heterocycles. The summed E-state index contributed by atoms with van der Waals surface area (Å²) >= 11 is 0. The molecule has 0 saturated carbocycles. The Kier molecular flexibility index (Phi) is 6.85. The van der Waals surface area contributed by atoms with E-state index in [1.54, 1.807) is 0 Å². The topological polar surface area (TPSA) is 50.7 Å². The summed E-state index contributed by atoms with van der Waals surface area (Å²) in [4.78, 5) is 16.3. The summed E-state index contributed by atoms with van der Waals surface area (Å²) < 4.78 is 18.4. The van der Waals surface area contributed by atoms with E-state index in [9.17, 15) is 9.18 Å². The van der Waals surface area contributed by atoms with Gasteiger partial charge in [0.15, 0.2) is 0 Å². The van der Waals surface area contributed by atoms with E-state index in [2.05, 4.69) is 10.3 Å². The molecule has 0 unspecified atom stereocenters. The number of aliphatic imine (C=N–C) groups is 1. The molecule has 1 N–H and O–H groups in total. The van der Waals surface area contributed by atoms with Crippen LogP contribution >= 0.6 is 0 Å². The van der Waals surface area contributed by atoms with Gasteiger partial charge < -0.3 is 4.74 Å². The zero-order chi connectivity index (χ0) is 15.8. The Labute approximate surface area is 125 Å². The quantitative estimate of drug-likeness (QED) is 0.669. The number of carbonyl (C=O) groups excluding carboxylic acids is 1. The molecule has 1 aromatic rings. The highest BCUT2D eigenvalue weighted by Gasteiger charge is 2.11. The standard InChI is InChI=1S/C16H23FN2O2/c1-11(2)9-18-16(21-10-12(3)4)19-15(20)13-5-7-14(17)8-6-13/h5-8,11-12H,9-10H2,1-4H3,(H,18,19,20). The number of halogens is 1. The smallest absolute Gasteiger partial charge is 0.291 e. The zero-order valence-corrected chi connectivity index (χ0v) is 13.0. The number of amides is 1. The molecule has 0 atom stereocenters. The fraction of sp³-hybridized carbons (Fsp3) is 0.500. The Balaban J connectivity index is 2.72. The zero-order valence-electron chi connectivity index (χ0n) is 13.0. The van der Waals surface area contributed by atoms with Crippen molar-refractivity contribution in [1.29, 1.82) is 0 Å². The van der Waals surface area contributed by atoms with E-state index in [4.69, 9.17) is 4.74 Å². The largest absolute Gasteiger partial charge is 0.465 e. The molecule has 116 valence electrons. The van der Waals surface area contributed by atoms with Crippen molar-refractivity contribution in [3.63, 3.8) is 0 Å². The van der Waals surface area contributed by atoms with Gasteiger partial charge in [-0.3, -0.25) is 10.1 Å². The number of nitrogens with one attached hydrogen (secondary N) is 1. The summed E-state index contributed by atoms with van der Waals surface area (Å²) in [6.07, 6.45) is 0. The number of rotatable bonds is 5. The van der Waals surface area contributed by atoms with E-state index in [-0.39, 0.29) is 17.7 Å². The van der Waals surface area contributed by atoms with Crippen LogP contribution in [0.25, 0.3) is 0 Å². The lowest BCUT2D eigenvalue weighted by molar-refractivity contribution is 0.0963. The monoisotopic (exact) mass is 294 g/mol. The van der Waals surface area contributed by atoms with Crippen LogP contribution in [0.2, 0.25) is 0 Å². The van der Waals surface area contributed by atoms with Crippen LogP contribution in [0.5, 0.6) is 0 Å². The van der Waals surface area contributed by atoms with E-state index in [0.29, 0.717) is 30.6 Å². The summed E-state index contributed by atoms with van der Waals surface area (Å²) in [5, 5.41) is 2.63. The predicted molar refractivity (Wildman–Crippen MR) is 81.8 cm³/mol. The Morgan fingerprint density at radius 3 is 2.33 bits per heavy atom. The highest BCUT2D eigenvalue weighted by molar-refractivity contribution is 6.04. The van der Waals surface area contributed by atoms with Crippen molar-refractivity contribution in [1.82, 2.24) is 5.32 Å². The maximum atomic E-state index is 12.9. The number of carbonyl (C=O) groups is 1. The molecule has 0 heterocycles. The summed E-state index contributed by atoms with van der Waals surface area (Å²) in [5.41, 5.74) is 0.363. The molecule has 0 aliphatic rings. The Hall–Kier alpha value is -1.91. The molecule has 0 radical (unpaired) electrons. The average molecular weight is 294 g/mol. The SMILES string of the molecule is CC(C)CN=C(NC(=O)c1ccc(F)cc1)OCC(C)C. The lowest BCUT2D eigenvalue weighted by atomic mass is 10.2. The first-order valence-corrected chi connectivity index (χ1v) is 7.12. The maximum absolute atomic E-state index is 12.9. The molecule has 1 aromatic carbocycles. The molecule has 4 nitrogen and oxygen atoms in total. The Bertz CT molecular complexity index is 482. The first kappa shape index (κ1) is 17.1. The van der Waals surface area contributed by atoms with Crippen molar-refractivity contribution in [2.75, 3.05) is 13.2 Å². The Morgan fingerprint density at radius 1 is 1.19 bits per heavy atom. The molecule has 0 aromatic heterocycles. The second kappa shape index (κ2) is 8.39. The number of benzene rings is 1. The molecule has 1 rings (SSSR count). The average Bonchev–Trinajstić information content (AvgIpc) is 2.42. The van der Waals surface area contributed by atoms with Crippen LogP contribution in [0.3, 0.4) is 0 Å². The van der Waals surface area contributed by atoms with Gasteiger partial charge in [0.05, 0.1) is 6.61 Å². The van der Waals surface area contributed by atoms with E-state index < -0.39 is 0 Å². The summed E-state index contributed by atoms with van der Waals surface area (Å²) in [6, 6.07) is 5.55. The van der Waals surface area contributed by atoms with Gasteiger partial charge in [0, 0.05) is 12.1 Å². The van der Waals surface area contributed by atoms with Gasteiger partial charge in [-0.1, -0.05) is 27.7 Å². The molecular formula is C16H23FN2O2. The van der Waals surface area contributed by atoms with Crippen molar-refractivity contribution in [3.05, 3.63) is 35.6 Å². The van der Waals surface area contributed by atoms with Crippen LogP contribution in [-0.4, -0.2) is 25.1 Å². The normalized spacial score (nSPS) is 11.9. The maximum Gasteiger partial charge on any atom is 0.291 e. The van der Waals surface area contributed by atoms with E-state index in [1.807, 2.05) is 27.7 Å². The minimum Gasteiger partial charge on any atom is -0.465 e. The van der Waals surface area contributed by atoms with Crippen molar-refractivity contribution in [2.45, 2.75) is 27.7 Å². The minimum atomic E-state index is -0.378. The van der Waals surface area contributed by atoms with Crippen LogP contribution in [0.4, 0.5) is 4.39 Å². The Morgan fingerprint density at radius 2 is 1.81 bits per heavy atom. The number of ether oxygens (including phenoxy) is 1. The van der Waals surface area contributed by atoms with Gasteiger partial charge in [-0.05, 0) is 36.1 Å². The van der Waals surface area contributed by atoms with Crippen LogP contribution in [0.15, 0.2) is 29.3 Å². The van der Waals surface area contributed by atoms with Gasteiger partial charge in [0.1, 0.15) is 5.82 Å². The lowest BCUT2D eigenvalue weighted by Gasteiger charge is -2.13. The third kappa shape index (κ3) is 6.88. The molecule has 0 aliphatic carbocycles. The minimum absolute atomic E-state index is 0.215. The molecule has 0 bridgehead atoms. The summed E-state index contributed by atoms with van der Waals surface area (Å²) in [7, 11) is 0. The van der Waals surface area contributed by atoms with Crippen molar-refractivity contribution in [3.8, 4) is 0 Å². The predicted octanol–water partition coefficient (Wildman–Crippen LogP) is 3.24. The second-order valence-corrected chi connectivity index (χ2v) is 5.71. The third-order valence-electron chi connectivity index (χ3n) is 2.48. The fourth-order valence-electron chi connectivity index (χ4n) is 1.40. The summed E-state index contributed by atoms with van der Waals surface area (Å²) in [5.74, 6) is -0.0417. The van der Waals surface area contributed by atoms with Crippen LogP contribution in [-0.2, 0) is 4.74 Å². The van der Waals surface area contributed by atoms with Gasteiger partial charge in [-0.2, -0.15) is 0 Å². The molecule has 5 heteroatoms. The first-order valence-electron chi connectivity index (χ1n) is 7.12. The first-order chi connectivity index (χ1) is 9.88. The van der Waals surface area contributed by atoms with E-state index in [0.717, 1.165) is 0 Å². The number of amidine groups is 1. The molecule has 0 saturated heterocycles. The third-order valence-corrected chi connectivity index (χ3v) is 2.48. The molecule has 1 amide bonds. The van der Waals surface area contributed by atoms with Crippen LogP contribution in [0.1, 0.15) is 38.1 Å². The van der Waals surface area contributed by atoms with Crippen LogP contribution in [0, 0.1) is 17.7 Å². The molecular weight excluding hydrogens is 271 g/mol. The van der Waals surface area contributed by atoms with Crippen LogP contribution < -0.4 is 5.32 Å². The summed E-state index contributed by atoms with van der Waals surface area (Å²) in [6.45, 7) is 9.14. The molecule has 0 fully saturated rings. The van der Waals surface area contributed by atoms with E-state index in [1.165, 1.54) is 24.3 Å². The number of hydrogen-bond acceptors (Lipinski definition) is 3. The highest BCUT2D eigenvalue weighted by atomic mass is 19.1. The van der Waals surface area contributed by atoms with Gasteiger partial charge in [0.25, 0.3) is 11.9 Å². The van der Waals surface area contributed by atoms with Gasteiger partial charge in [0.2, 0.25) is 0 Å². The van der Waals surface area contributed by atoms with Gasteiger partial charge >= 0.3 is 0 Å².